The lowest BCUT2D eigenvalue weighted by atomic mass is 10.2. The third kappa shape index (κ3) is 3.84. The Morgan fingerprint density at radius 1 is 1.29 bits per heavy atom. The molecule has 1 aliphatic heterocycles. The van der Waals surface area contributed by atoms with Crippen LogP contribution in [0.2, 0.25) is 5.02 Å². The lowest BCUT2D eigenvalue weighted by Gasteiger charge is -2.11. The second-order valence-electron chi connectivity index (χ2n) is 4.70. The first kappa shape index (κ1) is 16.7. The number of nitrogens with zero attached hydrogens (tertiary/aromatic N) is 2. The van der Waals surface area contributed by atoms with E-state index in [0.29, 0.717) is 10.2 Å². The van der Waals surface area contributed by atoms with Crippen molar-refractivity contribution in [1.29, 1.82) is 0 Å². The van der Waals surface area contributed by atoms with Gasteiger partial charge in [-0.25, -0.2) is 4.98 Å². The molecule has 0 radical (unpaired) electrons. The zero-order chi connectivity index (χ0) is 17.1. The molecule has 1 aliphatic rings. The van der Waals surface area contributed by atoms with Crippen LogP contribution in [0.15, 0.2) is 40.7 Å². The second kappa shape index (κ2) is 7.16. The molecule has 24 heavy (non-hydrogen) atoms. The van der Waals surface area contributed by atoms with Crippen molar-refractivity contribution >= 4 is 63.0 Å². The summed E-state index contributed by atoms with van der Waals surface area (Å²) in [6.07, 6.45) is 3.15. The number of carbonyl (C=O) groups excluding carboxylic acids is 3. The fourth-order valence-electron chi connectivity index (χ4n) is 1.93. The highest BCUT2D eigenvalue weighted by atomic mass is 35.5. The number of nitrogens with one attached hydrogen (secondary N) is 1. The van der Waals surface area contributed by atoms with Crippen LogP contribution in [0.1, 0.15) is 5.56 Å². The van der Waals surface area contributed by atoms with Crippen LogP contribution in [-0.4, -0.2) is 33.5 Å². The quantitative estimate of drug-likeness (QED) is 0.823. The largest absolute Gasteiger partial charge is 0.300 e. The SMILES string of the molecule is O=C(CN1C(=O)S/C(=C/c2ccc(Cl)cc2)C1=O)Nc1nccs1. The van der Waals surface area contributed by atoms with Gasteiger partial charge in [0.25, 0.3) is 11.1 Å². The van der Waals surface area contributed by atoms with Crippen LogP contribution >= 0.6 is 34.7 Å². The zero-order valence-corrected chi connectivity index (χ0v) is 14.5. The molecule has 1 N–H and O–H groups in total. The number of benzene rings is 1. The maximum Gasteiger partial charge on any atom is 0.294 e. The average molecular weight is 380 g/mol. The summed E-state index contributed by atoms with van der Waals surface area (Å²) in [5.74, 6) is -0.964. The first-order valence-electron chi connectivity index (χ1n) is 6.73. The summed E-state index contributed by atoms with van der Waals surface area (Å²) >= 11 is 7.87. The summed E-state index contributed by atoms with van der Waals surface area (Å²) in [7, 11) is 0. The van der Waals surface area contributed by atoms with E-state index in [4.69, 9.17) is 11.6 Å². The Kier molecular flexibility index (Phi) is 4.98. The molecule has 122 valence electrons. The molecule has 1 fully saturated rings. The molecular weight excluding hydrogens is 370 g/mol. The number of rotatable bonds is 4. The summed E-state index contributed by atoms with van der Waals surface area (Å²) in [4.78, 5) is 41.3. The first-order chi connectivity index (χ1) is 11.5. The van der Waals surface area contributed by atoms with E-state index in [2.05, 4.69) is 10.3 Å². The smallest absolute Gasteiger partial charge is 0.294 e. The van der Waals surface area contributed by atoms with Crippen molar-refractivity contribution in [1.82, 2.24) is 9.88 Å². The Hall–Kier alpha value is -2.16. The minimum atomic E-state index is -0.491. The number of hydrogen-bond donors (Lipinski definition) is 1. The zero-order valence-electron chi connectivity index (χ0n) is 12.1. The van der Waals surface area contributed by atoms with Crippen LogP contribution < -0.4 is 5.32 Å². The number of imide groups is 1. The monoisotopic (exact) mass is 379 g/mol. The number of aromatic nitrogens is 1. The molecule has 1 aromatic carbocycles. The minimum Gasteiger partial charge on any atom is -0.300 e. The van der Waals surface area contributed by atoms with Crippen LogP contribution in [0, 0.1) is 0 Å². The number of halogens is 1. The average Bonchev–Trinajstić information content (AvgIpc) is 3.14. The third-order valence-electron chi connectivity index (χ3n) is 3.02. The molecule has 2 heterocycles. The number of hydrogen-bond acceptors (Lipinski definition) is 6. The molecule has 6 nitrogen and oxygen atoms in total. The van der Waals surface area contributed by atoms with Crippen molar-refractivity contribution < 1.29 is 14.4 Å². The molecule has 1 saturated heterocycles. The lowest BCUT2D eigenvalue weighted by Crippen LogP contribution is -2.36. The van der Waals surface area contributed by atoms with Crippen molar-refractivity contribution in [3.63, 3.8) is 0 Å². The fourth-order valence-corrected chi connectivity index (χ4v) is 3.44. The first-order valence-corrected chi connectivity index (χ1v) is 8.80. The van der Waals surface area contributed by atoms with Gasteiger partial charge in [-0.15, -0.1) is 11.3 Å². The Labute approximate surface area is 150 Å². The van der Waals surface area contributed by atoms with E-state index in [-0.39, 0.29) is 11.4 Å². The number of thiazole rings is 1. The van der Waals surface area contributed by atoms with Crippen molar-refractivity contribution in [2.75, 3.05) is 11.9 Å². The standard InChI is InChI=1S/C15H10ClN3O3S2/c16-10-3-1-9(2-4-10)7-11-13(21)19(15(22)24-11)8-12(20)18-14-17-5-6-23-14/h1-7H,8H2,(H,17,18,20)/b11-7+. The summed E-state index contributed by atoms with van der Waals surface area (Å²) in [5, 5.41) is 4.78. The van der Waals surface area contributed by atoms with Gasteiger partial charge in [-0.1, -0.05) is 23.7 Å². The van der Waals surface area contributed by atoms with E-state index < -0.39 is 17.1 Å². The Morgan fingerprint density at radius 2 is 2.04 bits per heavy atom. The highest BCUT2D eigenvalue weighted by Crippen LogP contribution is 2.32. The molecule has 2 aromatic rings. The highest BCUT2D eigenvalue weighted by molar-refractivity contribution is 8.18. The predicted octanol–water partition coefficient (Wildman–Crippen LogP) is 3.47. The van der Waals surface area contributed by atoms with Gasteiger partial charge >= 0.3 is 0 Å². The van der Waals surface area contributed by atoms with Gasteiger partial charge in [-0.2, -0.15) is 0 Å². The minimum absolute atomic E-state index is 0.268. The van der Waals surface area contributed by atoms with Crippen molar-refractivity contribution in [2.45, 2.75) is 0 Å². The molecule has 0 saturated carbocycles. The molecule has 0 aliphatic carbocycles. The van der Waals surface area contributed by atoms with Gasteiger partial charge in [0.15, 0.2) is 5.13 Å². The van der Waals surface area contributed by atoms with Gasteiger partial charge < -0.3 is 5.32 Å². The van der Waals surface area contributed by atoms with Gasteiger partial charge in [0, 0.05) is 16.6 Å². The number of anilines is 1. The van der Waals surface area contributed by atoms with E-state index in [1.54, 1.807) is 41.9 Å². The predicted molar refractivity (Wildman–Crippen MR) is 94.9 cm³/mol. The summed E-state index contributed by atoms with van der Waals surface area (Å²) in [6, 6.07) is 6.87. The lowest BCUT2D eigenvalue weighted by molar-refractivity contribution is -0.127. The summed E-state index contributed by atoms with van der Waals surface area (Å²) in [5.41, 5.74) is 0.747. The molecule has 3 amide bonds. The number of thioether (sulfide) groups is 1. The third-order valence-corrected chi connectivity index (χ3v) is 4.87. The van der Waals surface area contributed by atoms with Crippen LogP contribution in [0.4, 0.5) is 9.93 Å². The summed E-state index contributed by atoms with van der Waals surface area (Å²) < 4.78 is 0. The van der Waals surface area contributed by atoms with Crippen LogP contribution in [0.25, 0.3) is 6.08 Å². The van der Waals surface area contributed by atoms with Gasteiger partial charge in [0.1, 0.15) is 6.54 Å². The van der Waals surface area contributed by atoms with E-state index in [1.165, 1.54) is 11.3 Å². The second-order valence-corrected chi connectivity index (χ2v) is 7.03. The Morgan fingerprint density at radius 3 is 2.71 bits per heavy atom. The van der Waals surface area contributed by atoms with Crippen LogP contribution in [-0.2, 0) is 9.59 Å². The van der Waals surface area contributed by atoms with Gasteiger partial charge in [-0.05, 0) is 35.5 Å². The topological polar surface area (TPSA) is 79.4 Å². The molecule has 0 unspecified atom stereocenters. The van der Waals surface area contributed by atoms with Crippen molar-refractivity contribution in [2.24, 2.45) is 0 Å². The van der Waals surface area contributed by atoms with Gasteiger partial charge in [-0.3, -0.25) is 19.3 Å². The maximum atomic E-state index is 12.3. The number of carbonyl (C=O) groups is 3. The molecule has 3 rings (SSSR count). The van der Waals surface area contributed by atoms with Crippen molar-refractivity contribution in [3.8, 4) is 0 Å². The maximum absolute atomic E-state index is 12.3. The van der Waals surface area contributed by atoms with Gasteiger partial charge in [0.05, 0.1) is 4.91 Å². The molecule has 0 spiro atoms. The molecular formula is C15H10ClN3O3S2. The highest BCUT2D eigenvalue weighted by Gasteiger charge is 2.36. The fraction of sp³-hybridized carbons (Fsp3) is 0.0667. The molecule has 9 heteroatoms. The van der Waals surface area contributed by atoms with E-state index in [1.807, 2.05) is 0 Å². The van der Waals surface area contributed by atoms with E-state index in [9.17, 15) is 14.4 Å². The van der Waals surface area contributed by atoms with E-state index in [0.717, 1.165) is 22.2 Å². The molecule has 0 bridgehead atoms. The normalized spacial score (nSPS) is 16.0. The van der Waals surface area contributed by atoms with Gasteiger partial charge in [0.2, 0.25) is 5.91 Å². The summed E-state index contributed by atoms with van der Waals surface area (Å²) in [6.45, 7) is -0.345. The molecule has 0 atom stereocenters. The van der Waals surface area contributed by atoms with Crippen LogP contribution in [0.3, 0.4) is 0 Å². The van der Waals surface area contributed by atoms with Crippen LogP contribution in [0.5, 0.6) is 0 Å². The van der Waals surface area contributed by atoms with Crippen molar-refractivity contribution in [3.05, 3.63) is 51.3 Å². The molecule has 1 aromatic heterocycles. The number of amides is 3. The van der Waals surface area contributed by atoms with E-state index >= 15 is 0 Å². The Balaban J connectivity index is 1.69. The Bertz CT molecular complexity index is 819.